The van der Waals surface area contributed by atoms with Crippen LogP contribution in [0.1, 0.15) is 36.9 Å². The van der Waals surface area contributed by atoms with Crippen LogP contribution >= 0.6 is 0 Å². The molecule has 1 N–H and O–H groups in total. The first-order valence-corrected chi connectivity index (χ1v) is 11.5. The summed E-state index contributed by atoms with van der Waals surface area (Å²) in [5, 5.41) is 8.10. The van der Waals surface area contributed by atoms with Crippen LogP contribution in [0.5, 0.6) is 5.75 Å². The Labute approximate surface area is 194 Å². The number of aryl methyl sites for hydroxylation is 2. The Morgan fingerprint density at radius 3 is 2.59 bits per heavy atom. The molecule has 1 saturated heterocycles. The molecule has 2 bridgehead atoms. The van der Waals surface area contributed by atoms with Crippen molar-refractivity contribution >= 4 is 11.8 Å². The molecule has 4 heterocycles. The molecule has 8 nitrogen and oxygen atoms in total. The van der Waals surface area contributed by atoms with Crippen molar-refractivity contribution in [2.75, 3.05) is 23.3 Å². The van der Waals surface area contributed by atoms with Gasteiger partial charge in [0.05, 0.1) is 0 Å². The lowest BCUT2D eigenvalue weighted by molar-refractivity contribution is 0.191. The third-order valence-electron chi connectivity index (χ3n) is 7.10. The summed E-state index contributed by atoms with van der Waals surface area (Å²) >= 11 is 0. The van der Waals surface area contributed by atoms with Crippen LogP contribution in [0.2, 0.25) is 0 Å². The molecule has 2 aromatic heterocycles. The van der Waals surface area contributed by atoms with Crippen molar-refractivity contribution < 1.29 is 17.9 Å². The lowest BCUT2D eigenvalue weighted by Crippen LogP contribution is -2.48. The maximum Gasteiger partial charge on any atom is 0.242 e. The van der Waals surface area contributed by atoms with Gasteiger partial charge in [0, 0.05) is 43.9 Å². The number of nitrogens with one attached hydrogen (secondary N) is 1. The van der Waals surface area contributed by atoms with E-state index in [2.05, 4.69) is 30.3 Å². The molecule has 0 amide bonds. The molecule has 0 radical (unpaired) electrons. The first kappa shape index (κ1) is 21.2. The number of nitrogens with zero attached hydrogens (tertiary/aromatic N) is 6. The Bertz CT molecular complexity index is 1220. The average molecular weight is 471 g/mol. The molecule has 2 aliphatic heterocycles. The van der Waals surface area contributed by atoms with Crippen molar-refractivity contribution in [2.45, 2.75) is 44.9 Å². The van der Waals surface area contributed by atoms with Gasteiger partial charge in [0.2, 0.25) is 11.8 Å². The Morgan fingerprint density at radius 2 is 1.82 bits per heavy atom. The fourth-order valence-corrected chi connectivity index (χ4v) is 5.46. The summed E-state index contributed by atoms with van der Waals surface area (Å²) < 4.78 is 48.3. The first-order chi connectivity index (χ1) is 16.5. The first-order valence-electron chi connectivity index (χ1n) is 11.5. The van der Waals surface area contributed by atoms with E-state index in [9.17, 15) is 13.2 Å². The van der Waals surface area contributed by atoms with E-state index >= 15 is 0 Å². The predicted octanol–water partition coefficient (Wildman–Crippen LogP) is 3.64. The molecular formula is C23H24F3N7O. The highest BCUT2D eigenvalue weighted by molar-refractivity contribution is 5.41. The summed E-state index contributed by atoms with van der Waals surface area (Å²) in [5.74, 6) is -1.55. The summed E-state index contributed by atoms with van der Waals surface area (Å²) in [7, 11) is 0. The van der Waals surface area contributed by atoms with E-state index in [-0.39, 0.29) is 11.8 Å². The van der Waals surface area contributed by atoms with Crippen LogP contribution in [0.15, 0.2) is 24.5 Å². The second-order valence-electron chi connectivity index (χ2n) is 9.28. The van der Waals surface area contributed by atoms with Crippen LogP contribution in [0, 0.1) is 36.2 Å². The lowest BCUT2D eigenvalue weighted by Gasteiger charge is -2.38. The number of piperidine rings is 1. The van der Waals surface area contributed by atoms with Gasteiger partial charge in [-0.2, -0.15) is 9.37 Å². The largest absolute Gasteiger partial charge is 0.479 e. The summed E-state index contributed by atoms with van der Waals surface area (Å²) in [6.07, 6.45) is 3.80. The fourth-order valence-electron chi connectivity index (χ4n) is 5.46. The molecule has 3 aliphatic rings. The minimum Gasteiger partial charge on any atom is -0.479 e. The van der Waals surface area contributed by atoms with Crippen LogP contribution in [0.3, 0.4) is 0 Å². The Balaban J connectivity index is 1.15. The van der Waals surface area contributed by atoms with E-state index in [4.69, 9.17) is 4.74 Å². The topological polar surface area (TPSA) is 81.0 Å². The Hall–Kier alpha value is -3.37. The van der Waals surface area contributed by atoms with Gasteiger partial charge in [-0.1, -0.05) is 0 Å². The summed E-state index contributed by atoms with van der Waals surface area (Å²) in [6.45, 7) is 4.33. The molecule has 3 aromatic rings. The predicted molar refractivity (Wildman–Crippen MR) is 117 cm³/mol. The standard InChI is InChI=1S/C23H24F3N7O/c1-12-8-18(28-11-27-12)32-9-13-2-3-14(10-32)21(13)29-23-30-22-17(6-7-33(22)31-23)34-16-5-4-15(24)19(25)20(16)26/h4-5,8,11,13-14,17,21H,2-3,6-7,9-10H2,1H3,(H,29,31)/t13-,14+,17-,21-/m1/s1. The average Bonchev–Trinajstić information content (AvgIpc) is 3.45. The minimum atomic E-state index is -1.54. The zero-order valence-corrected chi connectivity index (χ0v) is 18.6. The highest BCUT2D eigenvalue weighted by atomic mass is 19.2. The molecule has 11 heteroatoms. The second kappa shape index (κ2) is 8.14. The van der Waals surface area contributed by atoms with Gasteiger partial charge in [-0.05, 0) is 43.7 Å². The molecule has 4 atom stereocenters. The number of halogens is 3. The van der Waals surface area contributed by atoms with Crippen LogP contribution < -0.4 is 15.0 Å². The number of benzene rings is 1. The second-order valence-corrected chi connectivity index (χ2v) is 9.28. The van der Waals surface area contributed by atoms with Crippen molar-refractivity contribution in [3.63, 3.8) is 0 Å². The molecule has 0 spiro atoms. The Morgan fingerprint density at radius 1 is 1.03 bits per heavy atom. The monoisotopic (exact) mass is 471 g/mol. The quantitative estimate of drug-likeness (QED) is 0.569. The van der Waals surface area contributed by atoms with E-state index in [0.29, 0.717) is 36.6 Å². The summed E-state index contributed by atoms with van der Waals surface area (Å²) in [5.41, 5.74) is 0.953. The zero-order chi connectivity index (χ0) is 23.4. The van der Waals surface area contributed by atoms with Gasteiger partial charge >= 0.3 is 0 Å². The SMILES string of the molecule is Cc1cc(N2C[C@H]3CC[C@@H](C2)[C@@H]3Nc2nc3n(n2)CC[C@H]3Oc2ccc(F)c(F)c2F)ncn1. The van der Waals surface area contributed by atoms with Crippen molar-refractivity contribution in [3.05, 3.63) is 53.5 Å². The molecule has 1 saturated carbocycles. The lowest BCUT2D eigenvalue weighted by atomic mass is 9.92. The molecule has 2 fully saturated rings. The molecule has 34 heavy (non-hydrogen) atoms. The molecule has 1 aromatic carbocycles. The smallest absolute Gasteiger partial charge is 0.242 e. The van der Waals surface area contributed by atoms with E-state index < -0.39 is 23.6 Å². The van der Waals surface area contributed by atoms with Crippen molar-refractivity contribution in [3.8, 4) is 5.75 Å². The summed E-state index contributed by atoms with van der Waals surface area (Å²) in [6, 6.07) is 4.22. The third-order valence-corrected chi connectivity index (χ3v) is 7.10. The van der Waals surface area contributed by atoms with Gasteiger partial charge in [-0.3, -0.25) is 0 Å². The highest BCUT2D eigenvalue weighted by Gasteiger charge is 2.43. The zero-order valence-electron chi connectivity index (χ0n) is 18.6. The normalized spacial score (nSPS) is 25.5. The third kappa shape index (κ3) is 3.63. The van der Waals surface area contributed by atoms with Crippen molar-refractivity contribution in [1.29, 1.82) is 0 Å². The van der Waals surface area contributed by atoms with Crippen LogP contribution in [-0.2, 0) is 6.54 Å². The maximum atomic E-state index is 14.1. The van der Waals surface area contributed by atoms with E-state index in [1.54, 1.807) is 11.0 Å². The minimum absolute atomic E-state index is 0.255. The molecular weight excluding hydrogens is 447 g/mol. The number of anilines is 2. The number of hydrogen-bond donors (Lipinski definition) is 1. The number of hydrogen-bond acceptors (Lipinski definition) is 7. The Kier molecular flexibility index (Phi) is 5.07. The number of rotatable bonds is 5. The fraction of sp³-hybridized carbons (Fsp3) is 0.478. The highest BCUT2D eigenvalue weighted by Crippen LogP contribution is 2.40. The van der Waals surface area contributed by atoms with Gasteiger partial charge < -0.3 is 15.0 Å². The molecule has 178 valence electrons. The van der Waals surface area contributed by atoms with E-state index in [1.165, 1.54) is 0 Å². The number of fused-ring (bicyclic) bond motifs is 3. The van der Waals surface area contributed by atoms with Crippen LogP contribution in [0.4, 0.5) is 24.9 Å². The maximum absolute atomic E-state index is 14.1. The van der Waals surface area contributed by atoms with Crippen molar-refractivity contribution in [2.24, 2.45) is 11.8 Å². The van der Waals surface area contributed by atoms with Crippen LogP contribution in [0.25, 0.3) is 0 Å². The number of ether oxygens (including phenoxy) is 1. The summed E-state index contributed by atoms with van der Waals surface area (Å²) in [4.78, 5) is 15.6. The van der Waals surface area contributed by atoms with Gasteiger partial charge in [-0.15, -0.1) is 5.10 Å². The van der Waals surface area contributed by atoms with Crippen LogP contribution in [-0.4, -0.2) is 43.9 Å². The molecule has 6 rings (SSSR count). The van der Waals surface area contributed by atoms with E-state index in [0.717, 1.165) is 49.6 Å². The van der Waals surface area contributed by atoms with Gasteiger partial charge in [-0.25, -0.2) is 23.4 Å². The van der Waals surface area contributed by atoms with Crippen molar-refractivity contribution in [1.82, 2.24) is 24.7 Å². The number of aromatic nitrogens is 5. The van der Waals surface area contributed by atoms with E-state index in [1.807, 2.05) is 13.0 Å². The molecule has 0 unspecified atom stereocenters. The van der Waals surface area contributed by atoms with Gasteiger partial charge in [0.1, 0.15) is 12.1 Å². The van der Waals surface area contributed by atoms with Gasteiger partial charge in [0.25, 0.3) is 0 Å². The van der Waals surface area contributed by atoms with Gasteiger partial charge in [0.15, 0.2) is 29.3 Å². The molecule has 1 aliphatic carbocycles.